The number of hydrogen-bond donors (Lipinski definition) is 3. The molecule has 7 nitrogen and oxygen atoms in total. The number of hydrogen-bond acceptors (Lipinski definition) is 4. The van der Waals surface area contributed by atoms with Crippen molar-refractivity contribution in [1.82, 2.24) is 9.97 Å². The van der Waals surface area contributed by atoms with E-state index in [4.69, 9.17) is 4.74 Å². The van der Waals surface area contributed by atoms with Crippen LogP contribution in [0.1, 0.15) is 11.1 Å². The summed E-state index contributed by atoms with van der Waals surface area (Å²) in [6, 6.07) is 7.88. The van der Waals surface area contributed by atoms with Crippen LogP contribution in [0.2, 0.25) is 0 Å². The zero-order valence-electron chi connectivity index (χ0n) is 13.4. The minimum absolute atomic E-state index is 0.0468. The summed E-state index contributed by atoms with van der Waals surface area (Å²) >= 11 is 0. The first kappa shape index (κ1) is 16.1. The van der Waals surface area contributed by atoms with Gasteiger partial charge >= 0.3 is 5.69 Å². The number of nitrogens with one attached hydrogen (secondary N) is 3. The molecule has 0 radical (unpaired) electrons. The largest absolute Gasteiger partial charge is 0.495 e. The van der Waals surface area contributed by atoms with Crippen molar-refractivity contribution in [1.29, 1.82) is 0 Å². The van der Waals surface area contributed by atoms with Gasteiger partial charge in [-0.2, -0.15) is 0 Å². The molecule has 0 aliphatic rings. The Morgan fingerprint density at radius 1 is 1.00 bits per heavy atom. The molecule has 8 heteroatoms. The Morgan fingerprint density at radius 2 is 1.67 bits per heavy atom. The number of aryl methyl sites for hydroxylation is 2. The zero-order valence-corrected chi connectivity index (χ0v) is 14.2. The summed E-state index contributed by atoms with van der Waals surface area (Å²) in [6.45, 7) is 3.81. The molecule has 0 bridgehead atoms. The summed E-state index contributed by atoms with van der Waals surface area (Å²) in [7, 11) is -2.34. The first-order chi connectivity index (χ1) is 11.3. The molecule has 0 atom stereocenters. The number of fused-ring (bicyclic) bond motifs is 1. The lowest BCUT2D eigenvalue weighted by molar-refractivity contribution is 0.416. The number of sulfonamides is 1. The topological polar surface area (TPSA) is 104 Å². The van der Waals surface area contributed by atoms with E-state index >= 15 is 0 Å². The second-order valence-corrected chi connectivity index (χ2v) is 7.21. The molecule has 24 heavy (non-hydrogen) atoms. The predicted octanol–water partition coefficient (Wildman–Crippen LogP) is 2.28. The number of imidazole rings is 1. The van der Waals surface area contributed by atoms with E-state index in [2.05, 4.69) is 14.7 Å². The van der Waals surface area contributed by atoms with Crippen LogP contribution >= 0.6 is 0 Å². The van der Waals surface area contributed by atoms with Gasteiger partial charge in [-0.25, -0.2) is 13.2 Å². The fourth-order valence-corrected chi connectivity index (χ4v) is 3.51. The van der Waals surface area contributed by atoms with Gasteiger partial charge in [-0.15, -0.1) is 0 Å². The lowest BCUT2D eigenvalue weighted by Crippen LogP contribution is -2.14. The maximum absolute atomic E-state index is 12.6. The van der Waals surface area contributed by atoms with E-state index in [9.17, 15) is 13.2 Å². The van der Waals surface area contributed by atoms with E-state index in [0.29, 0.717) is 22.5 Å². The number of benzene rings is 2. The molecule has 0 spiro atoms. The van der Waals surface area contributed by atoms with Crippen LogP contribution in [-0.2, 0) is 10.0 Å². The average molecular weight is 347 g/mol. The Kier molecular flexibility index (Phi) is 3.84. The van der Waals surface area contributed by atoms with Gasteiger partial charge in [0.25, 0.3) is 10.0 Å². The Morgan fingerprint density at radius 3 is 2.38 bits per heavy atom. The number of aromatic nitrogens is 2. The highest BCUT2D eigenvalue weighted by Crippen LogP contribution is 2.30. The smallest absolute Gasteiger partial charge is 0.323 e. The molecule has 0 amide bonds. The molecule has 1 aromatic heterocycles. The normalized spacial score (nSPS) is 11.6. The number of rotatable bonds is 4. The van der Waals surface area contributed by atoms with Gasteiger partial charge in [-0.05, 0) is 55.3 Å². The third kappa shape index (κ3) is 2.88. The van der Waals surface area contributed by atoms with Crippen LogP contribution in [0.4, 0.5) is 5.69 Å². The number of methoxy groups -OCH3 is 1. The Labute approximate surface area is 138 Å². The van der Waals surface area contributed by atoms with Gasteiger partial charge in [0.15, 0.2) is 0 Å². The SMILES string of the molecule is COc1cc(C)c(C)cc1NS(=O)(=O)c1ccc2[nH]c(=O)[nH]c2c1. The molecule has 2 aromatic carbocycles. The molecule has 126 valence electrons. The first-order valence-corrected chi connectivity index (χ1v) is 8.68. The van der Waals surface area contributed by atoms with Gasteiger partial charge in [0.05, 0.1) is 28.7 Å². The van der Waals surface area contributed by atoms with E-state index < -0.39 is 10.0 Å². The van der Waals surface area contributed by atoms with E-state index in [1.54, 1.807) is 18.2 Å². The summed E-state index contributed by atoms with van der Waals surface area (Å²) in [5.41, 5.74) is 2.89. The van der Waals surface area contributed by atoms with Crippen molar-refractivity contribution in [3.8, 4) is 5.75 Å². The van der Waals surface area contributed by atoms with Gasteiger partial charge in [0, 0.05) is 0 Å². The first-order valence-electron chi connectivity index (χ1n) is 7.20. The van der Waals surface area contributed by atoms with Gasteiger partial charge < -0.3 is 14.7 Å². The standard InChI is InChI=1S/C16H17N3O4S/c1-9-6-14(15(23-3)7-10(9)2)19-24(21,22)11-4-5-12-13(8-11)18-16(20)17-12/h4-8,19H,1-3H3,(H2,17,18,20). The van der Waals surface area contributed by atoms with Crippen LogP contribution in [-0.4, -0.2) is 25.5 Å². The number of H-pyrrole nitrogens is 2. The summed E-state index contributed by atoms with van der Waals surface area (Å²) < 4.78 is 33.1. The minimum Gasteiger partial charge on any atom is -0.495 e. The Balaban J connectivity index is 2.04. The van der Waals surface area contributed by atoms with Crippen molar-refractivity contribution >= 4 is 26.7 Å². The van der Waals surface area contributed by atoms with Gasteiger partial charge in [-0.1, -0.05) is 0 Å². The van der Waals surface area contributed by atoms with Crippen molar-refractivity contribution < 1.29 is 13.2 Å². The monoisotopic (exact) mass is 347 g/mol. The van der Waals surface area contributed by atoms with E-state index in [1.165, 1.54) is 19.2 Å². The van der Waals surface area contributed by atoms with Crippen LogP contribution < -0.4 is 15.1 Å². The van der Waals surface area contributed by atoms with Crippen LogP contribution in [0.3, 0.4) is 0 Å². The van der Waals surface area contributed by atoms with Crippen molar-refractivity contribution in [3.63, 3.8) is 0 Å². The molecule has 1 heterocycles. The third-order valence-electron chi connectivity index (χ3n) is 3.86. The molecule has 0 aliphatic heterocycles. The summed E-state index contributed by atoms with van der Waals surface area (Å²) in [5.74, 6) is 0.442. The zero-order chi connectivity index (χ0) is 17.5. The summed E-state index contributed by atoms with van der Waals surface area (Å²) in [5, 5.41) is 0. The molecule has 0 saturated heterocycles. The second kappa shape index (κ2) is 5.72. The molecule has 0 saturated carbocycles. The van der Waals surface area contributed by atoms with Crippen molar-refractivity contribution in [2.24, 2.45) is 0 Å². The molecule has 3 N–H and O–H groups in total. The summed E-state index contributed by atoms with van der Waals surface area (Å²) in [4.78, 5) is 16.5. The van der Waals surface area contributed by atoms with E-state index in [0.717, 1.165) is 11.1 Å². The average Bonchev–Trinajstić information content (AvgIpc) is 2.89. The molecule has 0 aliphatic carbocycles. The molecular weight excluding hydrogens is 330 g/mol. The second-order valence-electron chi connectivity index (χ2n) is 5.53. The number of aromatic amines is 2. The fraction of sp³-hybridized carbons (Fsp3) is 0.188. The van der Waals surface area contributed by atoms with Gasteiger partial charge in [0.2, 0.25) is 0 Å². The maximum Gasteiger partial charge on any atom is 0.323 e. The molecular formula is C16H17N3O4S. The Hall–Kier alpha value is -2.74. The van der Waals surface area contributed by atoms with Crippen LogP contribution in [0, 0.1) is 13.8 Å². The van der Waals surface area contributed by atoms with E-state index in [1.807, 2.05) is 13.8 Å². The molecule has 0 unspecified atom stereocenters. The van der Waals surface area contributed by atoms with Crippen LogP contribution in [0.15, 0.2) is 40.0 Å². The maximum atomic E-state index is 12.6. The minimum atomic E-state index is -3.82. The van der Waals surface area contributed by atoms with Gasteiger partial charge in [-0.3, -0.25) is 4.72 Å². The van der Waals surface area contributed by atoms with Crippen LogP contribution in [0.5, 0.6) is 5.75 Å². The number of anilines is 1. The highest BCUT2D eigenvalue weighted by atomic mass is 32.2. The van der Waals surface area contributed by atoms with Crippen molar-refractivity contribution in [2.45, 2.75) is 18.7 Å². The third-order valence-corrected chi connectivity index (χ3v) is 5.22. The molecule has 3 rings (SSSR count). The number of ether oxygens (including phenoxy) is 1. The fourth-order valence-electron chi connectivity index (χ4n) is 2.42. The predicted molar refractivity (Wildman–Crippen MR) is 92.2 cm³/mol. The highest BCUT2D eigenvalue weighted by molar-refractivity contribution is 7.92. The van der Waals surface area contributed by atoms with Gasteiger partial charge in [0.1, 0.15) is 5.75 Å². The van der Waals surface area contributed by atoms with Crippen molar-refractivity contribution in [2.75, 3.05) is 11.8 Å². The lowest BCUT2D eigenvalue weighted by atomic mass is 10.1. The molecule has 3 aromatic rings. The van der Waals surface area contributed by atoms with E-state index in [-0.39, 0.29) is 10.6 Å². The molecule has 0 fully saturated rings. The van der Waals surface area contributed by atoms with Crippen molar-refractivity contribution in [3.05, 3.63) is 51.9 Å². The summed E-state index contributed by atoms with van der Waals surface area (Å²) in [6.07, 6.45) is 0. The lowest BCUT2D eigenvalue weighted by Gasteiger charge is -2.14. The highest BCUT2D eigenvalue weighted by Gasteiger charge is 2.18. The van der Waals surface area contributed by atoms with Crippen LogP contribution in [0.25, 0.3) is 11.0 Å². The Bertz CT molecular complexity index is 1080. The quantitative estimate of drug-likeness (QED) is 0.673.